The van der Waals surface area contributed by atoms with Crippen LogP contribution in [-0.2, 0) is 17.1 Å². The first-order valence-corrected chi connectivity index (χ1v) is 12.3. The Bertz CT molecular complexity index is 1260. The van der Waals surface area contributed by atoms with E-state index in [4.69, 9.17) is 0 Å². The van der Waals surface area contributed by atoms with Crippen LogP contribution in [-0.4, -0.2) is 28.1 Å². The number of halogens is 7. The highest BCUT2D eigenvalue weighted by Crippen LogP contribution is 2.36. The predicted molar refractivity (Wildman–Crippen MR) is 129 cm³/mol. The van der Waals surface area contributed by atoms with Gasteiger partial charge in [0.1, 0.15) is 11.0 Å². The maximum absolute atomic E-state index is 13.2. The molecule has 0 spiro atoms. The van der Waals surface area contributed by atoms with Gasteiger partial charge in [0, 0.05) is 15.6 Å². The number of amides is 2. The molecule has 2 amide bonds. The summed E-state index contributed by atoms with van der Waals surface area (Å²) in [5, 5.41) is 13.3. The smallest absolute Gasteiger partial charge is 0.340 e. The summed E-state index contributed by atoms with van der Waals surface area (Å²) in [6.45, 7) is 3.31. The highest BCUT2D eigenvalue weighted by Gasteiger charge is 2.38. The van der Waals surface area contributed by atoms with Gasteiger partial charge >= 0.3 is 12.4 Å². The molecule has 0 saturated carbocycles. The number of anilines is 1. The standard InChI is InChI=1S/C23H19BrF6N4O2S/c1-3-11(2)17(19(36)32-21-34-33-20(37-21)12-5-4-6-16(24)9-12)31-18(35)13-7-14(22(25,26)27)10-15(8-13)23(28,29)30/h4-11,17H,3H2,1-2H3,(H,31,35)(H,32,34,36). The number of alkyl halides is 6. The summed E-state index contributed by atoms with van der Waals surface area (Å²) in [6, 6.07) is 6.44. The molecule has 0 bridgehead atoms. The lowest BCUT2D eigenvalue weighted by atomic mass is 9.97. The Balaban J connectivity index is 1.84. The Morgan fingerprint density at radius 3 is 2.16 bits per heavy atom. The van der Waals surface area contributed by atoms with Crippen molar-refractivity contribution in [3.63, 3.8) is 0 Å². The van der Waals surface area contributed by atoms with E-state index >= 15 is 0 Å². The van der Waals surface area contributed by atoms with Gasteiger partial charge in [-0.15, -0.1) is 10.2 Å². The van der Waals surface area contributed by atoms with Crippen molar-refractivity contribution in [2.24, 2.45) is 5.92 Å². The summed E-state index contributed by atoms with van der Waals surface area (Å²) in [6.07, 6.45) is -9.87. The molecule has 2 atom stereocenters. The number of nitrogens with zero attached hydrogens (tertiary/aromatic N) is 2. The minimum Gasteiger partial charge on any atom is -0.340 e. The van der Waals surface area contributed by atoms with E-state index in [1.165, 1.54) is 0 Å². The molecule has 1 aromatic heterocycles. The molecule has 6 nitrogen and oxygen atoms in total. The van der Waals surface area contributed by atoms with Crippen LogP contribution >= 0.6 is 27.3 Å². The van der Waals surface area contributed by atoms with E-state index < -0.39 is 52.8 Å². The van der Waals surface area contributed by atoms with Gasteiger partial charge in [-0.2, -0.15) is 26.3 Å². The third kappa shape index (κ3) is 7.28. The minimum absolute atomic E-state index is 0.0754. The first-order valence-electron chi connectivity index (χ1n) is 10.7. The molecule has 37 heavy (non-hydrogen) atoms. The summed E-state index contributed by atoms with van der Waals surface area (Å²) in [5.41, 5.74) is -3.42. The van der Waals surface area contributed by atoms with Gasteiger partial charge in [0.25, 0.3) is 5.91 Å². The normalized spacial score (nSPS) is 13.6. The Kier molecular flexibility index (Phi) is 8.63. The molecule has 0 radical (unpaired) electrons. The second-order valence-electron chi connectivity index (χ2n) is 8.04. The molecular formula is C23H19BrF6N4O2S. The number of hydrogen-bond donors (Lipinski definition) is 2. The highest BCUT2D eigenvalue weighted by molar-refractivity contribution is 9.10. The Morgan fingerprint density at radius 2 is 1.62 bits per heavy atom. The average molecular weight is 609 g/mol. The second kappa shape index (κ2) is 11.2. The van der Waals surface area contributed by atoms with Gasteiger partial charge in [0.15, 0.2) is 0 Å². The fourth-order valence-electron chi connectivity index (χ4n) is 3.21. The number of aromatic nitrogens is 2. The molecule has 0 aliphatic heterocycles. The predicted octanol–water partition coefficient (Wildman–Crippen LogP) is 6.79. The molecule has 0 aliphatic carbocycles. The van der Waals surface area contributed by atoms with E-state index in [0.717, 1.165) is 21.4 Å². The third-order valence-corrected chi connectivity index (χ3v) is 6.74. The Labute approximate surface area is 219 Å². The third-order valence-electron chi connectivity index (χ3n) is 5.36. The highest BCUT2D eigenvalue weighted by atomic mass is 79.9. The summed E-state index contributed by atoms with van der Waals surface area (Å²) < 4.78 is 79.9. The first kappa shape index (κ1) is 28.6. The topological polar surface area (TPSA) is 84.0 Å². The lowest BCUT2D eigenvalue weighted by Crippen LogP contribution is -2.47. The first-order chi connectivity index (χ1) is 17.2. The van der Waals surface area contributed by atoms with E-state index in [1.54, 1.807) is 32.0 Å². The maximum atomic E-state index is 13.2. The van der Waals surface area contributed by atoms with Crippen molar-refractivity contribution in [3.8, 4) is 10.6 Å². The molecule has 2 aromatic carbocycles. The Morgan fingerprint density at radius 1 is 1.00 bits per heavy atom. The number of carbonyl (C=O) groups is 2. The van der Waals surface area contributed by atoms with Crippen molar-refractivity contribution in [2.75, 3.05) is 5.32 Å². The average Bonchev–Trinajstić information content (AvgIpc) is 3.28. The van der Waals surface area contributed by atoms with Crippen molar-refractivity contribution >= 4 is 44.2 Å². The van der Waals surface area contributed by atoms with Crippen LogP contribution in [0.2, 0.25) is 0 Å². The molecule has 0 aliphatic rings. The summed E-state index contributed by atoms with van der Waals surface area (Å²) in [5.74, 6) is -2.53. The van der Waals surface area contributed by atoms with Crippen LogP contribution in [0.15, 0.2) is 46.9 Å². The molecule has 2 N–H and O–H groups in total. The number of rotatable bonds is 7. The van der Waals surface area contributed by atoms with Gasteiger partial charge in [-0.25, -0.2) is 0 Å². The van der Waals surface area contributed by atoms with E-state index in [0.29, 0.717) is 23.6 Å². The molecule has 3 aromatic rings. The van der Waals surface area contributed by atoms with Crippen LogP contribution in [0.25, 0.3) is 10.6 Å². The van der Waals surface area contributed by atoms with Crippen molar-refractivity contribution in [3.05, 3.63) is 63.6 Å². The summed E-state index contributed by atoms with van der Waals surface area (Å²) in [4.78, 5) is 25.7. The van der Waals surface area contributed by atoms with E-state index in [2.05, 4.69) is 36.8 Å². The van der Waals surface area contributed by atoms with E-state index in [1.807, 2.05) is 6.07 Å². The molecule has 198 valence electrons. The molecular weight excluding hydrogens is 590 g/mol. The Hall–Kier alpha value is -3.00. The molecule has 0 fully saturated rings. The van der Waals surface area contributed by atoms with E-state index in [-0.39, 0.29) is 11.2 Å². The number of carbonyl (C=O) groups excluding carboxylic acids is 2. The zero-order valence-electron chi connectivity index (χ0n) is 19.2. The molecule has 2 unspecified atom stereocenters. The molecule has 0 saturated heterocycles. The quantitative estimate of drug-likeness (QED) is 0.289. The second-order valence-corrected chi connectivity index (χ2v) is 9.94. The molecule has 14 heteroatoms. The fraction of sp³-hybridized carbons (Fsp3) is 0.304. The van der Waals surface area contributed by atoms with E-state index in [9.17, 15) is 35.9 Å². The van der Waals surface area contributed by atoms with Gasteiger partial charge in [-0.1, -0.05) is 59.7 Å². The lowest BCUT2D eigenvalue weighted by molar-refractivity contribution is -0.143. The lowest BCUT2D eigenvalue weighted by Gasteiger charge is -2.23. The van der Waals surface area contributed by atoms with Crippen molar-refractivity contribution < 1.29 is 35.9 Å². The minimum atomic E-state index is -5.12. The number of nitrogens with one attached hydrogen (secondary N) is 2. The number of hydrogen-bond acceptors (Lipinski definition) is 5. The van der Waals surface area contributed by atoms with Crippen molar-refractivity contribution in [1.29, 1.82) is 0 Å². The fourth-order valence-corrected chi connectivity index (χ4v) is 4.35. The van der Waals surface area contributed by atoms with Crippen LogP contribution in [0, 0.1) is 5.92 Å². The van der Waals surface area contributed by atoms with Gasteiger partial charge in [-0.3, -0.25) is 14.9 Å². The SMILES string of the molecule is CCC(C)C(NC(=O)c1cc(C(F)(F)F)cc(C(F)(F)F)c1)C(=O)Nc1nnc(-c2cccc(Br)c2)s1. The van der Waals surface area contributed by atoms with Crippen LogP contribution in [0.5, 0.6) is 0 Å². The van der Waals surface area contributed by atoms with Gasteiger partial charge in [-0.05, 0) is 36.2 Å². The summed E-state index contributed by atoms with van der Waals surface area (Å²) >= 11 is 4.39. The van der Waals surface area contributed by atoms with Gasteiger partial charge in [0.2, 0.25) is 11.0 Å². The van der Waals surface area contributed by atoms with Gasteiger partial charge in [0.05, 0.1) is 11.1 Å². The maximum Gasteiger partial charge on any atom is 0.416 e. The largest absolute Gasteiger partial charge is 0.416 e. The van der Waals surface area contributed by atoms with Crippen LogP contribution in [0.3, 0.4) is 0 Å². The monoisotopic (exact) mass is 608 g/mol. The van der Waals surface area contributed by atoms with Crippen LogP contribution in [0.1, 0.15) is 41.8 Å². The van der Waals surface area contributed by atoms with Gasteiger partial charge < -0.3 is 5.32 Å². The zero-order chi connectivity index (χ0) is 27.5. The molecule has 3 rings (SSSR count). The van der Waals surface area contributed by atoms with Crippen LogP contribution in [0.4, 0.5) is 31.5 Å². The zero-order valence-corrected chi connectivity index (χ0v) is 21.6. The van der Waals surface area contributed by atoms with Crippen molar-refractivity contribution in [1.82, 2.24) is 15.5 Å². The van der Waals surface area contributed by atoms with Crippen molar-refractivity contribution in [2.45, 2.75) is 38.7 Å². The number of benzene rings is 2. The molecule has 1 heterocycles. The summed E-state index contributed by atoms with van der Waals surface area (Å²) in [7, 11) is 0. The van der Waals surface area contributed by atoms with Crippen LogP contribution < -0.4 is 10.6 Å².